The number of esters is 2. The van der Waals surface area contributed by atoms with Crippen molar-refractivity contribution in [2.75, 3.05) is 20.3 Å². The van der Waals surface area contributed by atoms with Crippen LogP contribution in [0.2, 0.25) is 17.1 Å². The van der Waals surface area contributed by atoms with Crippen molar-refractivity contribution in [3.63, 3.8) is 0 Å². The van der Waals surface area contributed by atoms with Crippen molar-refractivity contribution < 1.29 is 28.6 Å². The monoisotopic (exact) mass is 674 g/mol. The Balaban J connectivity index is 1.33. The van der Waals surface area contributed by atoms with E-state index < -0.39 is 8.80 Å². The number of unbranched alkanes of at least 4 members (excludes halogenated alkanes) is 4. The molecule has 0 bridgehead atoms. The van der Waals surface area contributed by atoms with Gasteiger partial charge in [0.25, 0.3) is 5.91 Å². The molecule has 0 N–H and O–H groups in total. The quantitative estimate of drug-likeness (QED) is 0.0641. The third kappa shape index (κ3) is 10.3. The van der Waals surface area contributed by atoms with Gasteiger partial charge in [0, 0.05) is 28.6 Å². The van der Waals surface area contributed by atoms with Crippen LogP contribution in [0.15, 0.2) is 66.7 Å². The van der Waals surface area contributed by atoms with Gasteiger partial charge in [0.15, 0.2) is 0 Å². The molecule has 0 aliphatic heterocycles. The van der Waals surface area contributed by atoms with Crippen molar-refractivity contribution >= 4 is 54.3 Å². The Bertz CT molecular complexity index is 1650. The number of nitrogens with zero attached hydrogens (tertiary/aromatic N) is 1. The van der Waals surface area contributed by atoms with E-state index in [-0.39, 0.29) is 24.3 Å². The van der Waals surface area contributed by atoms with Gasteiger partial charge in [-0.05, 0) is 74.7 Å². The summed E-state index contributed by atoms with van der Waals surface area (Å²) in [5.74, 6) is -0.0732. The van der Waals surface area contributed by atoms with Crippen LogP contribution in [0, 0.1) is 13.8 Å². The van der Waals surface area contributed by atoms with Gasteiger partial charge in [-0.1, -0.05) is 84.4 Å². The zero-order chi connectivity index (χ0) is 33.8. The summed E-state index contributed by atoms with van der Waals surface area (Å²) in [4.78, 5) is 37.6. The van der Waals surface area contributed by atoms with Crippen molar-refractivity contribution in [1.82, 2.24) is 4.57 Å². The highest BCUT2D eigenvalue weighted by atomic mass is 35.5. The summed E-state index contributed by atoms with van der Waals surface area (Å²) < 4.78 is 17.9. The number of rotatable bonds is 17. The van der Waals surface area contributed by atoms with Gasteiger partial charge in [-0.25, -0.2) is 0 Å². The van der Waals surface area contributed by atoms with Crippen molar-refractivity contribution in [2.24, 2.45) is 0 Å². The predicted molar refractivity (Wildman–Crippen MR) is 190 cm³/mol. The number of hydrogen-bond acceptors (Lipinski definition) is 6. The van der Waals surface area contributed by atoms with E-state index in [0.29, 0.717) is 40.8 Å². The zero-order valence-electron chi connectivity index (χ0n) is 27.9. The van der Waals surface area contributed by atoms with Gasteiger partial charge < -0.3 is 14.2 Å². The number of fused-ring (bicyclic) bond motifs is 1. The Morgan fingerprint density at radius 2 is 1.43 bits per heavy atom. The molecule has 7 nitrogen and oxygen atoms in total. The zero-order valence-corrected chi connectivity index (χ0v) is 29.7. The lowest BCUT2D eigenvalue weighted by molar-refractivity contribution is -0.143. The first-order valence-electron chi connectivity index (χ1n) is 16.4. The summed E-state index contributed by atoms with van der Waals surface area (Å²) in [6.45, 7) is 6.28. The van der Waals surface area contributed by atoms with Crippen LogP contribution in [0.4, 0.5) is 0 Å². The van der Waals surface area contributed by atoms with Crippen molar-refractivity contribution in [2.45, 2.75) is 77.8 Å². The van der Waals surface area contributed by atoms with Gasteiger partial charge in [0.2, 0.25) is 0 Å². The minimum Gasteiger partial charge on any atom is -0.497 e. The standard InChI is InChI=1S/C38H45ClNO6Si/c1-27-11-18-33(19-12-27)47(23-9-6-5-7-21-45-29(3)41)24-10-8-22-46-37(42)26-34-28(2)40(36-20-17-32(44-4)25-35(34)36)38(43)30-13-15-31(39)16-14-30/h11-20,25H,5-10,21-24,26H2,1-4H3. The minimum atomic E-state index is -0.739. The highest BCUT2D eigenvalue weighted by Gasteiger charge is 2.23. The number of carbonyl (C=O) groups is 3. The topological polar surface area (TPSA) is 83.8 Å². The lowest BCUT2D eigenvalue weighted by Crippen LogP contribution is -2.29. The molecule has 3 aromatic carbocycles. The molecule has 0 spiro atoms. The van der Waals surface area contributed by atoms with E-state index >= 15 is 0 Å². The van der Waals surface area contributed by atoms with Crippen molar-refractivity contribution in [3.05, 3.63) is 94.1 Å². The Morgan fingerprint density at radius 1 is 0.787 bits per heavy atom. The lowest BCUT2D eigenvalue weighted by atomic mass is 10.1. The van der Waals surface area contributed by atoms with Crippen molar-refractivity contribution in [3.8, 4) is 5.75 Å². The fourth-order valence-electron chi connectivity index (χ4n) is 5.83. The molecule has 4 aromatic rings. The Hall–Kier alpha value is -3.88. The highest BCUT2D eigenvalue weighted by Crippen LogP contribution is 2.31. The molecule has 0 aliphatic rings. The molecule has 0 unspecified atom stereocenters. The fourth-order valence-corrected chi connectivity index (χ4v) is 8.78. The molecular weight excluding hydrogens is 630 g/mol. The van der Waals surface area contributed by atoms with Gasteiger partial charge >= 0.3 is 11.9 Å². The van der Waals surface area contributed by atoms with Crippen LogP contribution in [0.25, 0.3) is 10.9 Å². The predicted octanol–water partition coefficient (Wildman–Crippen LogP) is 8.00. The van der Waals surface area contributed by atoms with E-state index in [0.717, 1.165) is 55.5 Å². The van der Waals surface area contributed by atoms with E-state index in [9.17, 15) is 14.4 Å². The second-order valence-corrected chi connectivity index (χ2v) is 15.1. The maximum absolute atomic E-state index is 13.6. The molecule has 249 valence electrons. The molecular formula is C38H45ClNO6Si. The lowest BCUT2D eigenvalue weighted by Gasteiger charge is -2.16. The first kappa shape index (κ1) is 36.0. The van der Waals surface area contributed by atoms with Crippen LogP contribution < -0.4 is 9.92 Å². The number of benzene rings is 3. The highest BCUT2D eigenvalue weighted by molar-refractivity contribution is 6.73. The van der Waals surface area contributed by atoms with Gasteiger partial charge in [-0.3, -0.25) is 19.0 Å². The molecule has 0 fully saturated rings. The van der Waals surface area contributed by atoms with Gasteiger partial charge in [-0.2, -0.15) is 0 Å². The van der Waals surface area contributed by atoms with E-state index in [1.165, 1.54) is 23.7 Å². The molecule has 1 heterocycles. The molecule has 47 heavy (non-hydrogen) atoms. The summed E-state index contributed by atoms with van der Waals surface area (Å²) in [5, 5.41) is 2.80. The number of methoxy groups -OCH3 is 1. The molecule has 1 radical (unpaired) electrons. The minimum absolute atomic E-state index is 0.0618. The van der Waals surface area contributed by atoms with Gasteiger partial charge in [0.05, 0.1) is 41.1 Å². The van der Waals surface area contributed by atoms with E-state index in [1.807, 2.05) is 25.1 Å². The van der Waals surface area contributed by atoms with Crippen LogP contribution in [0.3, 0.4) is 0 Å². The second kappa shape index (κ2) is 17.9. The van der Waals surface area contributed by atoms with E-state index in [2.05, 4.69) is 31.2 Å². The largest absolute Gasteiger partial charge is 0.497 e. The molecule has 0 aliphatic carbocycles. The molecule has 9 heteroatoms. The van der Waals surface area contributed by atoms with Gasteiger partial charge in [0.1, 0.15) is 5.75 Å². The molecule has 0 saturated carbocycles. The van der Waals surface area contributed by atoms with E-state index in [1.54, 1.807) is 35.9 Å². The molecule has 0 atom stereocenters. The molecule has 4 rings (SSSR count). The summed E-state index contributed by atoms with van der Waals surface area (Å²) in [6.07, 6.45) is 6.12. The SMILES string of the molecule is COc1ccc2c(c1)c(CC(=O)OCCCC[Si](CCCCCCOC(C)=O)c1ccc(C)cc1)c(C)n2C(=O)c1ccc(Cl)cc1. The number of hydrogen-bond donors (Lipinski definition) is 0. The van der Waals surface area contributed by atoms with E-state index in [4.69, 9.17) is 25.8 Å². The summed E-state index contributed by atoms with van der Waals surface area (Å²) in [7, 11) is 0.856. The summed E-state index contributed by atoms with van der Waals surface area (Å²) >= 11 is 6.05. The summed E-state index contributed by atoms with van der Waals surface area (Å²) in [6, 6.07) is 23.6. The van der Waals surface area contributed by atoms with Crippen LogP contribution in [0.5, 0.6) is 5.75 Å². The van der Waals surface area contributed by atoms with Crippen LogP contribution in [-0.2, 0) is 25.5 Å². The first-order chi connectivity index (χ1) is 22.7. The third-order valence-electron chi connectivity index (χ3n) is 8.43. The number of halogens is 1. The van der Waals surface area contributed by atoms with Crippen LogP contribution in [-0.4, -0.2) is 51.5 Å². The number of aryl methyl sites for hydroxylation is 1. The average Bonchev–Trinajstić information content (AvgIpc) is 3.33. The summed E-state index contributed by atoms with van der Waals surface area (Å²) in [5.41, 5.74) is 3.93. The van der Waals surface area contributed by atoms with Crippen LogP contribution in [0.1, 0.15) is 72.6 Å². The molecule has 0 amide bonds. The number of ether oxygens (including phenoxy) is 3. The number of aromatic nitrogens is 1. The van der Waals surface area contributed by atoms with Crippen molar-refractivity contribution in [1.29, 1.82) is 0 Å². The molecule has 0 saturated heterocycles. The third-order valence-corrected chi connectivity index (χ3v) is 11.7. The normalized spacial score (nSPS) is 11.2. The Labute approximate surface area is 284 Å². The fraction of sp³-hybridized carbons (Fsp3) is 0.395. The maximum Gasteiger partial charge on any atom is 0.310 e. The molecule has 1 aromatic heterocycles. The second-order valence-electron chi connectivity index (χ2n) is 11.9. The Kier molecular flexibility index (Phi) is 13.7. The smallest absolute Gasteiger partial charge is 0.310 e. The number of carbonyl (C=O) groups excluding carboxylic acids is 3. The maximum atomic E-state index is 13.6. The first-order valence-corrected chi connectivity index (χ1v) is 18.7. The average molecular weight is 675 g/mol. The Morgan fingerprint density at radius 3 is 2.11 bits per heavy atom. The van der Waals surface area contributed by atoms with Gasteiger partial charge in [-0.15, -0.1) is 0 Å². The van der Waals surface area contributed by atoms with Crippen LogP contribution >= 0.6 is 11.6 Å².